The van der Waals surface area contributed by atoms with Gasteiger partial charge in [-0.25, -0.2) is 4.68 Å². The van der Waals surface area contributed by atoms with Crippen molar-refractivity contribution in [3.05, 3.63) is 88.4 Å². The number of amides is 1. The van der Waals surface area contributed by atoms with Crippen molar-refractivity contribution >= 4 is 17.7 Å². The third-order valence-corrected chi connectivity index (χ3v) is 4.41. The van der Waals surface area contributed by atoms with Gasteiger partial charge in [0.05, 0.1) is 11.4 Å². The Labute approximate surface area is 152 Å². The molecule has 0 radical (unpaired) electrons. The Balaban J connectivity index is 1.95. The molecule has 5 heteroatoms. The minimum atomic E-state index is -0.250. The lowest BCUT2D eigenvalue weighted by Crippen LogP contribution is -2.30. The number of para-hydroxylation sites is 1. The number of anilines is 1. The van der Waals surface area contributed by atoms with Gasteiger partial charge in [0.25, 0.3) is 11.5 Å². The van der Waals surface area contributed by atoms with Crippen LogP contribution >= 0.6 is 0 Å². The SMILES string of the molecule is Cc1c(N(C)C(=O)C=Cc2ccccc2)c(=O)n(-c2ccccc2)n1C. The lowest BCUT2D eigenvalue weighted by molar-refractivity contribution is -0.113. The highest BCUT2D eigenvalue weighted by atomic mass is 16.2. The molecule has 0 saturated carbocycles. The number of carbonyl (C=O) groups excluding carboxylic acids is 1. The molecule has 1 amide bonds. The second-order valence-electron chi connectivity index (χ2n) is 6.05. The monoisotopic (exact) mass is 347 g/mol. The third-order valence-electron chi connectivity index (χ3n) is 4.41. The number of aromatic nitrogens is 2. The summed E-state index contributed by atoms with van der Waals surface area (Å²) in [6, 6.07) is 19.0. The van der Waals surface area contributed by atoms with E-state index in [9.17, 15) is 9.59 Å². The van der Waals surface area contributed by atoms with Crippen molar-refractivity contribution in [2.24, 2.45) is 7.05 Å². The van der Waals surface area contributed by atoms with Crippen LogP contribution < -0.4 is 10.5 Å². The van der Waals surface area contributed by atoms with Crippen molar-refractivity contribution in [3.8, 4) is 5.69 Å². The highest BCUT2D eigenvalue weighted by molar-refractivity contribution is 6.03. The summed E-state index contributed by atoms with van der Waals surface area (Å²) >= 11 is 0. The van der Waals surface area contributed by atoms with Gasteiger partial charge in [0.1, 0.15) is 5.69 Å². The molecule has 0 unspecified atom stereocenters. The molecule has 0 saturated heterocycles. The zero-order valence-electron chi connectivity index (χ0n) is 15.1. The smallest absolute Gasteiger partial charge is 0.295 e. The molecule has 1 heterocycles. The number of hydrogen-bond acceptors (Lipinski definition) is 2. The number of nitrogens with zero attached hydrogens (tertiary/aromatic N) is 3. The molecule has 0 aliphatic carbocycles. The Morgan fingerprint density at radius 3 is 2.19 bits per heavy atom. The molecule has 1 aromatic heterocycles. The molecule has 2 aromatic carbocycles. The number of benzene rings is 2. The molecule has 5 nitrogen and oxygen atoms in total. The Hall–Kier alpha value is -3.34. The van der Waals surface area contributed by atoms with Crippen molar-refractivity contribution in [3.63, 3.8) is 0 Å². The summed E-state index contributed by atoms with van der Waals surface area (Å²) in [4.78, 5) is 26.9. The largest absolute Gasteiger partial charge is 0.306 e. The van der Waals surface area contributed by atoms with Crippen LogP contribution in [-0.4, -0.2) is 22.3 Å². The average molecular weight is 347 g/mol. The fraction of sp³-hybridized carbons (Fsp3) is 0.143. The minimum Gasteiger partial charge on any atom is -0.306 e. The van der Waals surface area contributed by atoms with Gasteiger partial charge in [-0.1, -0.05) is 48.5 Å². The van der Waals surface area contributed by atoms with E-state index in [1.165, 1.54) is 11.0 Å². The predicted octanol–water partition coefficient (Wildman–Crippen LogP) is 3.16. The van der Waals surface area contributed by atoms with E-state index in [-0.39, 0.29) is 11.5 Å². The average Bonchev–Trinajstić information content (AvgIpc) is 2.89. The molecule has 0 atom stereocenters. The topological polar surface area (TPSA) is 47.2 Å². The summed E-state index contributed by atoms with van der Waals surface area (Å²) < 4.78 is 3.33. The maximum atomic E-state index is 13.0. The molecule has 0 N–H and O–H groups in total. The first-order valence-electron chi connectivity index (χ1n) is 8.35. The first-order valence-corrected chi connectivity index (χ1v) is 8.35. The van der Waals surface area contributed by atoms with Crippen LogP contribution in [0.25, 0.3) is 11.8 Å². The van der Waals surface area contributed by atoms with Gasteiger partial charge in [-0.2, -0.15) is 0 Å². The summed E-state index contributed by atoms with van der Waals surface area (Å²) in [6.45, 7) is 1.83. The standard InChI is InChI=1S/C21H21N3O2/c1-16-20(21(26)24(23(16)3)18-12-8-5-9-13-18)22(2)19(25)15-14-17-10-6-4-7-11-17/h4-15H,1-3H3. The normalized spacial score (nSPS) is 11.0. The van der Waals surface area contributed by atoms with Crippen LogP contribution in [-0.2, 0) is 11.8 Å². The molecule has 0 bridgehead atoms. The second kappa shape index (κ2) is 7.27. The Morgan fingerprint density at radius 2 is 1.58 bits per heavy atom. The van der Waals surface area contributed by atoms with Crippen LogP contribution in [0.4, 0.5) is 5.69 Å². The van der Waals surface area contributed by atoms with Gasteiger partial charge < -0.3 is 4.90 Å². The van der Waals surface area contributed by atoms with Crippen LogP contribution in [0.3, 0.4) is 0 Å². The summed E-state index contributed by atoms with van der Waals surface area (Å²) in [5, 5.41) is 0. The molecule has 132 valence electrons. The Morgan fingerprint density at radius 1 is 1.00 bits per heavy atom. The first-order chi connectivity index (χ1) is 12.5. The summed E-state index contributed by atoms with van der Waals surface area (Å²) in [5.74, 6) is -0.250. The molecule has 0 aliphatic heterocycles. The number of rotatable bonds is 4. The number of hydrogen-bond donors (Lipinski definition) is 0. The van der Waals surface area contributed by atoms with E-state index >= 15 is 0 Å². The second-order valence-corrected chi connectivity index (χ2v) is 6.05. The van der Waals surface area contributed by atoms with Crippen molar-refractivity contribution < 1.29 is 4.79 Å². The van der Waals surface area contributed by atoms with E-state index in [1.807, 2.05) is 74.6 Å². The molecular formula is C21H21N3O2. The maximum absolute atomic E-state index is 13.0. The fourth-order valence-electron chi connectivity index (χ4n) is 2.89. The lowest BCUT2D eigenvalue weighted by Gasteiger charge is -2.13. The van der Waals surface area contributed by atoms with Crippen LogP contribution in [0.2, 0.25) is 0 Å². The molecule has 0 spiro atoms. The summed E-state index contributed by atoms with van der Waals surface area (Å²) in [6.07, 6.45) is 3.22. The van der Waals surface area contributed by atoms with E-state index < -0.39 is 0 Å². The van der Waals surface area contributed by atoms with Crippen LogP contribution in [0.5, 0.6) is 0 Å². The van der Waals surface area contributed by atoms with Gasteiger partial charge >= 0.3 is 0 Å². The predicted molar refractivity (Wildman–Crippen MR) is 105 cm³/mol. The third kappa shape index (κ3) is 3.24. The zero-order valence-corrected chi connectivity index (χ0v) is 15.1. The van der Waals surface area contributed by atoms with Gasteiger partial charge in [-0.15, -0.1) is 0 Å². The summed E-state index contributed by atoms with van der Waals surface area (Å²) in [7, 11) is 3.43. The molecule has 3 aromatic rings. The summed E-state index contributed by atoms with van der Waals surface area (Å²) in [5.41, 5.74) is 2.57. The van der Waals surface area contributed by atoms with E-state index in [0.29, 0.717) is 5.69 Å². The maximum Gasteiger partial charge on any atom is 0.295 e. The minimum absolute atomic E-state index is 0.222. The van der Waals surface area contributed by atoms with Crippen LogP contribution in [0, 0.1) is 6.92 Å². The van der Waals surface area contributed by atoms with Crippen molar-refractivity contribution in [2.75, 3.05) is 11.9 Å². The van der Waals surface area contributed by atoms with Gasteiger partial charge in [0.15, 0.2) is 0 Å². The Kier molecular flexibility index (Phi) is 4.89. The van der Waals surface area contributed by atoms with Gasteiger partial charge in [-0.3, -0.25) is 14.3 Å². The van der Waals surface area contributed by atoms with Crippen molar-refractivity contribution in [2.45, 2.75) is 6.92 Å². The molecule has 3 rings (SSSR count). The van der Waals surface area contributed by atoms with E-state index in [4.69, 9.17) is 0 Å². The zero-order chi connectivity index (χ0) is 18.7. The van der Waals surface area contributed by atoms with Crippen LogP contribution in [0.1, 0.15) is 11.3 Å². The number of carbonyl (C=O) groups is 1. The van der Waals surface area contributed by atoms with Crippen LogP contribution in [0.15, 0.2) is 71.5 Å². The molecule has 0 aliphatic rings. The highest BCUT2D eigenvalue weighted by Crippen LogP contribution is 2.17. The number of likely N-dealkylation sites (N-methyl/N-ethyl adjacent to an activating group) is 1. The van der Waals surface area contributed by atoms with Gasteiger partial charge in [0.2, 0.25) is 0 Å². The van der Waals surface area contributed by atoms with Gasteiger partial charge in [-0.05, 0) is 30.7 Å². The van der Waals surface area contributed by atoms with E-state index in [0.717, 1.165) is 16.9 Å². The van der Waals surface area contributed by atoms with E-state index in [1.54, 1.807) is 22.5 Å². The molecule has 0 fully saturated rings. The fourth-order valence-corrected chi connectivity index (χ4v) is 2.89. The molecule has 26 heavy (non-hydrogen) atoms. The Bertz CT molecular complexity index is 999. The van der Waals surface area contributed by atoms with Gasteiger partial charge in [0, 0.05) is 20.2 Å². The molecular weight excluding hydrogens is 326 g/mol. The van der Waals surface area contributed by atoms with Crippen molar-refractivity contribution in [1.82, 2.24) is 9.36 Å². The lowest BCUT2D eigenvalue weighted by atomic mass is 10.2. The van der Waals surface area contributed by atoms with E-state index in [2.05, 4.69) is 0 Å². The highest BCUT2D eigenvalue weighted by Gasteiger charge is 2.21. The first kappa shape index (κ1) is 17.5. The quantitative estimate of drug-likeness (QED) is 0.681. The van der Waals surface area contributed by atoms with Crippen molar-refractivity contribution in [1.29, 1.82) is 0 Å².